The van der Waals surface area contributed by atoms with Crippen molar-refractivity contribution in [2.45, 2.75) is 419 Å². The van der Waals surface area contributed by atoms with Crippen LogP contribution in [0.25, 0.3) is 0 Å². The van der Waals surface area contributed by atoms with E-state index >= 15 is 0 Å². The first-order chi connectivity index (χ1) is 46.4. The Labute approximate surface area is 588 Å². The Hall–Kier alpha value is -1.94. The third kappa shape index (κ3) is 67.9. The molecule has 0 aliphatic rings. The highest BCUT2D eigenvalue weighted by Crippen LogP contribution is 2.45. The fraction of sp³-hybridized carbons (Fsp3) is 0.948. The average molecular weight is 1410 g/mol. The van der Waals surface area contributed by atoms with E-state index in [9.17, 15) is 43.2 Å². The van der Waals surface area contributed by atoms with E-state index in [1.54, 1.807) is 0 Å². The smallest absolute Gasteiger partial charge is 0.462 e. The van der Waals surface area contributed by atoms with Crippen molar-refractivity contribution in [1.29, 1.82) is 0 Å². The van der Waals surface area contributed by atoms with E-state index in [1.807, 2.05) is 0 Å². The van der Waals surface area contributed by atoms with Crippen LogP contribution < -0.4 is 0 Å². The van der Waals surface area contributed by atoms with E-state index in [4.69, 9.17) is 37.0 Å². The predicted octanol–water partition coefficient (Wildman–Crippen LogP) is 22.7. The topological polar surface area (TPSA) is 237 Å². The molecular weight excluding hydrogens is 1260 g/mol. The highest BCUT2D eigenvalue weighted by Gasteiger charge is 2.30. The van der Waals surface area contributed by atoms with Crippen LogP contribution in [0, 0.1) is 11.8 Å². The van der Waals surface area contributed by atoms with Gasteiger partial charge in [0, 0.05) is 25.7 Å². The Morgan fingerprint density at radius 3 is 0.740 bits per heavy atom. The zero-order valence-corrected chi connectivity index (χ0v) is 64.5. The van der Waals surface area contributed by atoms with E-state index in [2.05, 4.69) is 41.5 Å². The maximum atomic E-state index is 13.1. The Bertz CT molecular complexity index is 1860. The van der Waals surface area contributed by atoms with Crippen molar-refractivity contribution < 1.29 is 80.2 Å². The van der Waals surface area contributed by atoms with Gasteiger partial charge >= 0.3 is 39.5 Å². The molecule has 570 valence electrons. The van der Waals surface area contributed by atoms with Gasteiger partial charge in [0.05, 0.1) is 26.4 Å². The maximum absolute atomic E-state index is 13.1. The number of hydrogen-bond donors (Lipinski definition) is 3. The van der Waals surface area contributed by atoms with Crippen LogP contribution in [0.15, 0.2) is 0 Å². The predicted molar refractivity (Wildman–Crippen MR) is 391 cm³/mol. The van der Waals surface area contributed by atoms with Crippen molar-refractivity contribution in [3.63, 3.8) is 0 Å². The molecular formula is C77H150O17P2. The van der Waals surface area contributed by atoms with Crippen molar-refractivity contribution in [2.24, 2.45) is 11.8 Å². The summed E-state index contributed by atoms with van der Waals surface area (Å²) in [5, 5.41) is 10.6. The fourth-order valence-corrected chi connectivity index (χ4v) is 13.3. The number of unbranched alkanes of at least 4 members (excludes halogenated alkanes) is 44. The van der Waals surface area contributed by atoms with Crippen molar-refractivity contribution in [3.05, 3.63) is 0 Å². The van der Waals surface area contributed by atoms with Gasteiger partial charge in [-0.15, -0.1) is 0 Å². The van der Waals surface area contributed by atoms with E-state index in [0.717, 1.165) is 108 Å². The number of aliphatic hydroxyl groups excluding tert-OH is 1. The second kappa shape index (κ2) is 68.8. The monoisotopic (exact) mass is 1410 g/mol. The van der Waals surface area contributed by atoms with Gasteiger partial charge in [0.25, 0.3) is 0 Å². The van der Waals surface area contributed by atoms with Crippen LogP contribution in [0.4, 0.5) is 0 Å². The molecule has 19 heteroatoms. The van der Waals surface area contributed by atoms with Crippen molar-refractivity contribution >= 4 is 39.5 Å². The summed E-state index contributed by atoms with van der Waals surface area (Å²) >= 11 is 0. The van der Waals surface area contributed by atoms with Crippen molar-refractivity contribution in [2.75, 3.05) is 39.6 Å². The molecule has 0 spiro atoms. The number of aliphatic hydroxyl groups is 1. The molecule has 0 saturated heterocycles. The lowest BCUT2D eigenvalue weighted by Crippen LogP contribution is -2.30. The Kier molecular flexibility index (Phi) is 67.4. The average Bonchev–Trinajstić information content (AvgIpc) is 1.99. The van der Waals surface area contributed by atoms with Crippen LogP contribution >= 0.6 is 15.6 Å². The number of phosphoric ester groups is 2. The Morgan fingerprint density at radius 1 is 0.292 bits per heavy atom. The lowest BCUT2D eigenvalue weighted by atomic mass is 9.99. The normalized spacial score (nSPS) is 14.6. The molecule has 17 nitrogen and oxygen atoms in total. The summed E-state index contributed by atoms with van der Waals surface area (Å²) in [5.74, 6) is -0.502. The van der Waals surface area contributed by atoms with E-state index in [1.165, 1.54) is 212 Å². The summed E-state index contributed by atoms with van der Waals surface area (Å²) in [6.07, 6.45) is 56.9. The highest BCUT2D eigenvalue weighted by atomic mass is 31.2. The zero-order valence-electron chi connectivity index (χ0n) is 62.7. The minimum atomic E-state index is -4.96. The van der Waals surface area contributed by atoms with Crippen LogP contribution in [0.1, 0.15) is 401 Å². The quantitative estimate of drug-likeness (QED) is 0.0222. The van der Waals surface area contributed by atoms with Crippen LogP contribution in [-0.2, 0) is 65.4 Å². The first kappa shape index (κ1) is 94.1. The number of ether oxygens (including phenoxy) is 4. The Morgan fingerprint density at radius 2 is 0.500 bits per heavy atom. The van der Waals surface area contributed by atoms with Gasteiger partial charge in [-0.25, -0.2) is 9.13 Å². The summed E-state index contributed by atoms with van der Waals surface area (Å²) in [6.45, 7) is 9.63. The second-order valence-electron chi connectivity index (χ2n) is 28.2. The largest absolute Gasteiger partial charge is 0.472 e. The van der Waals surface area contributed by atoms with Crippen molar-refractivity contribution in [3.8, 4) is 0 Å². The molecule has 0 aliphatic carbocycles. The van der Waals surface area contributed by atoms with E-state index in [0.29, 0.717) is 25.7 Å². The first-order valence-electron chi connectivity index (χ1n) is 40.1. The van der Waals surface area contributed by atoms with Gasteiger partial charge in [-0.1, -0.05) is 350 Å². The summed E-state index contributed by atoms with van der Waals surface area (Å²) in [7, 11) is -9.91. The summed E-state index contributed by atoms with van der Waals surface area (Å²) in [6, 6.07) is 0. The van der Waals surface area contributed by atoms with Gasteiger partial charge in [0.2, 0.25) is 0 Å². The second-order valence-corrected chi connectivity index (χ2v) is 31.1. The SMILES string of the molecule is CCCCCCCCCCCCCCCCCCCCC(=O)OC[C@H](COP(=O)(O)OC[C@@H](O)COP(=O)(O)OC[C@@H](COC(=O)CCCCCCCCCC)OC(=O)CCCCCCCCCCC(C)CC)OC(=O)CCCCCCCCCCCCCCCCC(C)CC. The van der Waals surface area contributed by atoms with E-state index < -0.39 is 97.5 Å². The van der Waals surface area contributed by atoms with Crippen LogP contribution in [0.5, 0.6) is 0 Å². The van der Waals surface area contributed by atoms with Gasteiger partial charge < -0.3 is 33.8 Å². The van der Waals surface area contributed by atoms with Crippen LogP contribution in [0.2, 0.25) is 0 Å². The molecule has 0 aromatic carbocycles. The van der Waals surface area contributed by atoms with Crippen LogP contribution in [-0.4, -0.2) is 96.7 Å². The summed E-state index contributed by atoms with van der Waals surface area (Å²) < 4.78 is 68.5. The molecule has 0 aromatic rings. The summed E-state index contributed by atoms with van der Waals surface area (Å²) in [5.41, 5.74) is 0. The molecule has 3 N–H and O–H groups in total. The van der Waals surface area contributed by atoms with Gasteiger partial charge in [0.15, 0.2) is 12.2 Å². The molecule has 7 atom stereocenters. The molecule has 0 amide bonds. The fourth-order valence-electron chi connectivity index (χ4n) is 11.8. The number of carbonyl (C=O) groups excluding carboxylic acids is 4. The zero-order chi connectivity index (χ0) is 70.7. The Balaban J connectivity index is 5.21. The lowest BCUT2D eigenvalue weighted by molar-refractivity contribution is -0.161. The lowest BCUT2D eigenvalue weighted by Gasteiger charge is -2.21. The number of carbonyl (C=O) groups is 4. The molecule has 0 bridgehead atoms. The van der Waals surface area contributed by atoms with Gasteiger partial charge in [-0.3, -0.25) is 37.3 Å². The standard InChI is InChI=1S/C77H150O17P2/c1-7-11-13-15-17-19-20-21-22-23-24-25-29-32-35-42-48-54-60-75(80)88-66-73(93-76(81)61-55-49-43-36-33-30-27-26-28-31-34-39-45-51-57-69(5)9-3)68-92-96(85,86)90-64-71(78)63-89-95(83,84)91-67-72(65-87-74(79)59-53-47-41-18-16-14-12-8-2)94-77(82)62-56-50-44-38-37-40-46-52-58-70(6)10-4/h69-73,78H,7-68H2,1-6H3,(H,83,84)(H,85,86)/t69?,70?,71-,72+,73+/m0/s1. The molecule has 4 unspecified atom stereocenters. The molecule has 0 aromatic heterocycles. The van der Waals surface area contributed by atoms with E-state index in [-0.39, 0.29) is 25.7 Å². The van der Waals surface area contributed by atoms with Gasteiger partial charge in [-0.2, -0.15) is 0 Å². The first-order valence-corrected chi connectivity index (χ1v) is 43.1. The highest BCUT2D eigenvalue weighted by molar-refractivity contribution is 7.47. The minimum absolute atomic E-state index is 0.105. The van der Waals surface area contributed by atoms with Crippen LogP contribution in [0.3, 0.4) is 0 Å². The number of phosphoric acid groups is 2. The number of hydrogen-bond acceptors (Lipinski definition) is 15. The van der Waals surface area contributed by atoms with Gasteiger partial charge in [0.1, 0.15) is 19.3 Å². The molecule has 0 rings (SSSR count). The number of rotatable bonds is 76. The maximum Gasteiger partial charge on any atom is 0.472 e. The molecule has 0 saturated carbocycles. The minimum Gasteiger partial charge on any atom is -0.462 e. The molecule has 0 heterocycles. The third-order valence-corrected chi connectivity index (χ3v) is 20.6. The number of esters is 4. The van der Waals surface area contributed by atoms with Gasteiger partial charge in [-0.05, 0) is 37.5 Å². The molecule has 0 fully saturated rings. The third-order valence-electron chi connectivity index (χ3n) is 18.7. The molecule has 96 heavy (non-hydrogen) atoms. The van der Waals surface area contributed by atoms with Crippen molar-refractivity contribution in [1.82, 2.24) is 0 Å². The summed E-state index contributed by atoms with van der Waals surface area (Å²) in [4.78, 5) is 72.8. The molecule has 0 radical (unpaired) electrons. The molecule has 0 aliphatic heterocycles.